The molecule has 25 heavy (non-hydrogen) atoms. The lowest BCUT2D eigenvalue weighted by Crippen LogP contribution is -2.25. The zero-order valence-electron chi connectivity index (χ0n) is 13.9. The van der Waals surface area contributed by atoms with Crippen LogP contribution in [0, 0.1) is 0 Å². The van der Waals surface area contributed by atoms with Crippen molar-refractivity contribution in [2.75, 3.05) is 0 Å². The van der Waals surface area contributed by atoms with Crippen molar-refractivity contribution in [1.29, 1.82) is 0 Å². The average Bonchev–Trinajstić information content (AvgIpc) is 3.30. The molecule has 0 bridgehead atoms. The maximum Gasteiger partial charge on any atom is 0.251 e. The normalized spacial score (nSPS) is 13.4. The predicted molar refractivity (Wildman–Crippen MR) is 91.9 cm³/mol. The van der Waals surface area contributed by atoms with Gasteiger partial charge in [0.1, 0.15) is 5.82 Å². The molecule has 3 aromatic rings. The van der Waals surface area contributed by atoms with E-state index >= 15 is 0 Å². The fourth-order valence-corrected chi connectivity index (χ4v) is 3.15. The maximum absolute atomic E-state index is 12.5. The van der Waals surface area contributed by atoms with Crippen molar-refractivity contribution in [2.24, 2.45) is 0 Å². The van der Waals surface area contributed by atoms with Crippen molar-refractivity contribution in [3.05, 3.63) is 65.5 Å². The number of rotatable bonds is 5. The van der Waals surface area contributed by atoms with Crippen LogP contribution in [0.4, 0.5) is 0 Å². The van der Waals surface area contributed by atoms with Crippen LogP contribution in [0.1, 0.15) is 40.4 Å². The van der Waals surface area contributed by atoms with Crippen LogP contribution in [0.2, 0.25) is 0 Å². The van der Waals surface area contributed by atoms with E-state index in [0.29, 0.717) is 18.7 Å². The van der Waals surface area contributed by atoms with Gasteiger partial charge in [-0.3, -0.25) is 9.48 Å². The quantitative estimate of drug-likeness (QED) is 0.770. The highest BCUT2D eigenvalue weighted by molar-refractivity contribution is 5.94. The molecular weight excluding hydrogens is 316 g/mol. The van der Waals surface area contributed by atoms with E-state index in [1.807, 2.05) is 41.2 Å². The standard InChI is InChI=1S/C18H20N6O/c25-18(19-12-17-22-21-16-7-1-2-10-24(16)17)15-6-3-5-14(11-15)13-23-9-4-8-20-23/h3-6,8-9,11H,1-2,7,10,12-13H2,(H,19,25). The average molecular weight is 336 g/mol. The lowest BCUT2D eigenvalue weighted by Gasteiger charge is -2.15. The Morgan fingerprint density at radius 1 is 1.20 bits per heavy atom. The summed E-state index contributed by atoms with van der Waals surface area (Å²) in [6.45, 7) is 1.98. The van der Waals surface area contributed by atoms with Crippen LogP contribution in [0.15, 0.2) is 42.7 Å². The van der Waals surface area contributed by atoms with Crippen LogP contribution in [0.5, 0.6) is 0 Å². The van der Waals surface area contributed by atoms with Gasteiger partial charge in [-0.1, -0.05) is 12.1 Å². The Morgan fingerprint density at radius 3 is 3.04 bits per heavy atom. The van der Waals surface area contributed by atoms with E-state index in [4.69, 9.17) is 0 Å². The third kappa shape index (κ3) is 3.45. The summed E-state index contributed by atoms with van der Waals surface area (Å²) in [6.07, 6.45) is 6.92. The highest BCUT2D eigenvalue weighted by atomic mass is 16.1. The van der Waals surface area contributed by atoms with Gasteiger partial charge in [0.2, 0.25) is 0 Å². The summed E-state index contributed by atoms with van der Waals surface area (Å²) in [6, 6.07) is 9.49. The van der Waals surface area contributed by atoms with Crippen LogP contribution >= 0.6 is 0 Å². The van der Waals surface area contributed by atoms with E-state index in [1.54, 1.807) is 6.20 Å². The largest absolute Gasteiger partial charge is 0.345 e. The minimum absolute atomic E-state index is 0.101. The molecule has 0 atom stereocenters. The summed E-state index contributed by atoms with van der Waals surface area (Å²) in [5.41, 5.74) is 1.68. The molecular formula is C18H20N6O. The van der Waals surface area contributed by atoms with E-state index in [0.717, 1.165) is 43.0 Å². The molecule has 3 heterocycles. The molecule has 0 radical (unpaired) electrons. The summed E-state index contributed by atoms with van der Waals surface area (Å²) < 4.78 is 3.96. The predicted octanol–water partition coefficient (Wildman–Crippen LogP) is 1.79. The summed E-state index contributed by atoms with van der Waals surface area (Å²) in [5.74, 6) is 1.75. The molecule has 1 aromatic carbocycles. The van der Waals surface area contributed by atoms with E-state index < -0.39 is 0 Å². The fourth-order valence-electron chi connectivity index (χ4n) is 3.15. The Hall–Kier alpha value is -2.96. The van der Waals surface area contributed by atoms with Crippen LogP contribution < -0.4 is 5.32 Å². The number of carbonyl (C=O) groups is 1. The Bertz CT molecular complexity index is 868. The minimum atomic E-state index is -0.101. The molecule has 0 aliphatic carbocycles. The second kappa shape index (κ2) is 6.88. The summed E-state index contributed by atoms with van der Waals surface area (Å²) >= 11 is 0. The van der Waals surface area contributed by atoms with E-state index in [9.17, 15) is 4.79 Å². The molecule has 0 saturated heterocycles. The molecule has 1 N–H and O–H groups in total. The first kappa shape index (κ1) is 15.6. The first-order valence-electron chi connectivity index (χ1n) is 8.55. The molecule has 0 fully saturated rings. The number of hydrogen-bond acceptors (Lipinski definition) is 4. The number of nitrogens with one attached hydrogen (secondary N) is 1. The monoisotopic (exact) mass is 336 g/mol. The number of aromatic nitrogens is 5. The third-order valence-electron chi connectivity index (χ3n) is 4.44. The van der Waals surface area contributed by atoms with Crippen molar-refractivity contribution >= 4 is 5.91 Å². The first-order chi connectivity index (χ1) is 12.3. The van der Waals surface area contributed by atoms with Gasteiger partial charge in [-0.05, 0) is 36.6 Å². The molecule has 7 heteroatoms. The molecule has 4 rings (SSSR count). The van der Waals surface area contributed by atoms with Crippen LogP contribution in [0.3, 0.4) is 0 Å². The summed E-state index contributed by atoms with van der Waals surface area (Å²) in [7, 11) is 0. The fraction of sp³-hybridized carbons (Fsp3) is 0.333. The second-order valence-electron chi connectivity index (χ2n) is 6.23. The maximum atomic E-state index is 12.5. The zero-order valence-corrected chi connectivity index (χ0v) is 13.9. The lowest BCUT2D eigenvalue weighted by molar-refractivity contribution is 0.0949. The SMILES string of the molecule is O=C(NCc1nnc2n1CCCC2)c1cccc(Cn2cccn2)c1. The third-order valence-corrected chi connectivity index (χ3v) is 4.44. The Balaban J connectivity index is 1.42. The smallest absolute Gasteiger partial charge is 0.251 e. The van der Waals surface area contributed by atoms with Crippen molar-refractivity contribution in [1.82, 2.24) is 29.9 Å². The molecule has 2 aromatic heterocycles. The number of nitrogens with zero attached hydrogens (tertiary/aromatic N) is 5. The molecule has 7 nitrogen and oxygen atoms in total. The number of amides is 1. The first-order valence-corrected chi connectivity index (χ1v) is 8.55. The van der Waals surface area contributed by atoms with Crippen LogP contribution in [-0.4, -0.2) is 30.5 Å². The zero-order chi connectivity index (χ0) is 17.1. The topological polar surface area (TPSA) is 77.6 Å². The van der Waals surface area contributed by atoms with Gasteiger partial charge in [0.05, 0.1) is 13.1 Å². The van der Waals surface area contributed by atoms with Crippen molar-refractivity contribution in [3.63, 3.8) is 0 Å². The Labute approximate surface area is 145 Å². The van der Waals surface area contributed by atoms with Crippen molar-refractivity contribution in [3.8, 4) is 0 Å². The molecule has 1 amide bonds. The number of carbonyl (C=O) groups excluding carboxylic acids is 1. The van der Waals surface area contributed by atoms with Gasteiger partial charge < -0.3 is 9.88 Å². The van der Waals surface area contributed by atoms with Gasteiger partial charge in [0, 0.05) is 30.9 Å². The number of fused-ring (bicyclic) bond motifs is 1. The van der Waals surface area contributed by atoms with Crippen molar-refractivity contribution < 1.29 is 4.79 Å². The highest BCUT2D eigenvalue weighted by Gasteiger charge is 2.16. The van der Waals surface area contributed by atoms with Gasteiger partial charge in [0.25, 0.3) is 5.91 Å². The summed E-state index contributed by atoms with van der Waals surface area (Å²) in [5, 5.41) is 15.6. The number of aryl methyl sites for hydroxylation is 1. The molecule has 128 valence electrons. The van der Waals surface area contributed by atoms with Crippen LogP contribution in [-0.2, 0) is 26.1 Å². The van der Waals surface area contributed by atoms with Crippen molar-refractivity contribution in [2.45, 2.75) is 38.9 Å². The van der Waals surface area contributed by atoms with Gasteiger partial charge in [-0.15, -0.1) is 10.2 Å². The van der Waals surface area contributed by atoms with Gasteiger partial charge in [-0.25, -0.2) is 0 Å². The molecule has 0 spiro atoms. The van der Waals surface area contributed by atoms with Gasteiger partial charge in [0.15, 0.2) is 5.82 Å². The second-order valence-corrected chi connectivity index (χ2v) is 6.23. The van der Waals surface area contributed by atoms with E-state index in [-0.39, 0.29) is 5.91 Å². The molecule has 0 unspecified atom stereocenters. The van der Waals surface area contributed by atoms with E-state index in [1.165, 1.54) is 0 Å². The van der Waals surface area contributed by atoms with Gasteiger partial charge >= 0.3 is 0 Å². The molecule has 1 aliphatic heterocycles. The Kier molecular flexibility index (Phi) is 4.28. The van der Waals surface area contributed by atoms with Gasteiger partial charge in [-0.2, -0.15) is 5.10 Å². The highest BCUT2D eigenvalue weighted by Crippen LogP contribution is 2.14. The van der Waals surface area contributed by atoms with Crippen LogP contribution in [0.25, 0.3) is 0 Å². The number of hydrogen-bond donors (Lipinski definition) is 1. The molecule has 0 saturated carbocycles. The summed E-state index contributed by atoms with van der Waals surface area (Å²) in [4.78, 5) is 12.5. The molecule has 1 aliphatic rings. The Morgan fingerprint density at radius 2 is 2.16 bits per heavy atom. The minimum Gasteiger partial charge on any atom is -0.345 e. The number of benzene rings is 1. The lowest BCUT2D eigenvalue weighted by atomic mass is 10.1. The van der Waals surface area contributed by atoms with E-state index in [2.05, 4.69) is 25.2 Å².